The van der Waals surface area contributed by atoms with Crippen molar-refractivity contribution in [3.8, 4) is 6.07 Å². The van der Waals surface area contributed by atoms with Gasteiger partial charge in [-0.25, -0.2) is 0 Å². The summed E-state index contributed by atoms with van der Waals surface area (Å²) in [5.74, 6) is 0. The van der Waals surface area contributed by atoms with E-state index in [1.54, 1.807) is 6.07 Å². The van der Waals surface area contributed by atoms with E-state index in [4.69, 9.17) is 5.26 Å². The quantitative estimate of drug-likeness (QED) is 0.656. The van der Waals surface area contributed by atoms with Gasteiger partial charge in [0.2, 0.25) is 0 Å². The number of piperazine rings is 1. The second-order valence-electron chi connectivity index (χ2n) is 3.47. The number of pyridine rings is 1. The normalized spacial score (nSPS) is 16.1. The predicted octanol–water partition coefficient (Wildman–Crippen LogP) is -0.344. The Balaban J connectivity index is 2.31. The molecule has 1 aliphatic rings. The Morgan fingerprint density at radius 1 is 1.33 bits per heavy atom. The number of aromatic amines is 1. The highest BCUT2D eigenvalue weighted by atomic mass is 16.1. The van der Waals surface area contributed by atoms with Gasteiger partial charge in [-0.2, -0.15) is 5.26 Å². The number of nitrogens with one attached hydrogen (secondary N) is 2. The van der Waals surface area contributed by atoms with Crippen molar-refractivity contribution in [3.05, 3.63) is 28.2 Å². The van der Waals surface area contributed by atoms with Gasteiger partial charge < -0.3 is 15.2 Å². The van der Waals surface area contributed by atoms with Crippen LogP contribution in [-0.4, -0.2) is 31.2 Å². The lowest BCUT2D eigenvalue weighted by Crippen LogP contribution is -2.43. The Morgan fingerprint density at radius 3 is 2.73 bits per heavy atom. The molecule has 78 valence electrons. The SMILES string of the molecule is N#Cc1cc(N2CCNCC2)cc(=O)[nH]1. The lowest BCUT2D eigenvalue weighted by Gasteiger charge is -2.29. The molecule has 0 spiro atoms. The molecule has 1 aromatic rings. The zero-order valence-corrected chi connectivity index (χ0v) is 8.29. The van der Waals surface area contributed by atoms with Gasteiger partial charge in [0.05, 0.1) is 0 Å². The Bertz CT molecular complexity index is 439. The number of H-pyrrole nitrogens is 1. The van der Waals surface area contributed by atoms with E-state index in [0.29, 0.717) is 5.69 Å². The lowest BCUT2D eigenvalue weighted by molar-refractivity contribution is 0.589. The van der Waals surface area contributed by atoms with Crippen molar-refractivity contribution in [2.45, 2.75) is 0 Å². The van der Waals surface area contributed by atoms with E-state index in [2.05, 4.69) is 15.2 Å². The van der Waals surface area contributed by atoms with Gasteiger partial charge >= 0.3 is 0 Å². The van der Waals surface area contributed by atoms with E-state index < -0.39 is 0 Å². The predicted molar refractivity (Wildman–Crippen MR) is 56.9 cm³/mol. The highest BCUT2D eigenvalue weighted by molar-refractivity contribution is 5.49. The van der Waals surface area contributed by atoms with E-state index in [1.165, 1.54) is 6.07 Å². The third-order valence-corrected chi connectivity index (χ3v) is 2.43. The van der Waals surface area contributed by atoms with Crippen LogP contribution < -0.4 is 15.8 Å². The van der Waals surface area contributed by atoms with Crippen molar-refractivity contribution in [1.82, 2.24) is 10.3 Å². The highest BCUT2D eigenvalue weighted by Crippen LogP contribution is 2.12. The van der Waals surface area contributed by atoms with Crippen LogP contribution in [0, 0.1) is 11.3 Å². The first-order valence-electron chi connectivity index (χ1n) is 4.90. The van der Waals surface area contributed by atoms with Crippen molar-refractivity contribution in [2.75, 3.05) is 31.1 Å². The van der Waals surface area contributed by atoms with Crippen molar-refractivity contribution in [3.63, 3.8) is 0 Å². The van der Waals surface area contributed by atoms with Gasteiger partial charge in [0.25, 0.3) is 5.56 Å². The van der Waals surface area contributed by atoms with Gasteiger partial charge in [-0.1, -0.05) is 0 Å². The molecule has 0 amide bonds. The number of rotatable bonds is 1. The van der Waals surface area contributed by atoms with Crippen LogP contribution in [0.4, 0.5) is 5.69 Å². The molecule has 1 saturated heterocycles. The smallest absolute Gasteiger partial charge is 0.250 e. The molecular formula is C10H12N4O. The van der Waals surface area contributed by atoms with Crippen molar-refractivity contribution < 1.29 is 0 Å². The molecule has 5 heteroatoms. The molecule has 1 aliphatic heterocycles. The van der Waals surface area contributed by atoms with E-state index in [9.17, 15) is 4.79 Å². The van der Waals surface area contributed by atoms with Crippen molar-refractivity contribution >= 4 is 5.69 Å². The number of nitriles is 1. The van der Waals surface area contributed by atoms with Gasteiger partial charge in [0.1, 0.15) is 11.8 Å². The summed E-state index contributed by atoms with van der Waals surface area (Å²) in [4.78, 5) is 15.8. The number of aromatic nitrogens is 1. The van der Waals surface area contributed by atoms with Crippen LogP contribution in [0.15, 0.2) is 16.9 Å². The maximum absolute atomic E-state index is 11.3. The molecule has 0 aromatic carbocycles. The van der Waals surface area contributed by atoms with E-state index in [1.807, 2.05) is 6.07 Å². The molecule has 1 fully saturated rings. The maximum atomic E-state index is 11.3. The molecular weight excluding hydrogens is 192 g/mol. The van der Waals surface area contributed by atoms with Gasteiger partial charge in [0, 0.05) is 37.9 Å². The van der Waals surface area contributed by atoms with Crippen molar-refractivity contribution in [1.29, 1.82) is 5.26 Å². The molecule has 0 aliphatic carbocycles. The fourth-order valence-electron chi connectivity index (χ4n) is 1.69. The summed E-state index contributed by atoms with van der Waals surface area (Å²) in [6.07, 6.45) is 0. The first kappa shape index (κ1) is 9.74. The van der Waals surface area contributed by atoms with Crippen LogP contribution in [-0.2, 0) is 0 Å². The summed E-state index contributed by atoms with van der Waals surface area (Å²) in [5.41, 5.74) is 0.926. The molecule has 0 saturated carbocycles. The van der Waals surface area contributed by atoms with Crippen molar-refractivity contribution in [2.24, 2.45) is 0 Å². The number of nitrogens with zero attached hydrogens (tertiary/aromatic N) is 2. The number of hydrogen-bond donors (Lipinski definition) is 2. The summed E-state index contributed by atoms with van der Waals surface area (Å²) in [6.45, 7) is 3.56. The number of anilines is 1. The van der Waals surface area contributed by atoms with E-state index in [-0.39, 0.29) is 5.56 Å². The van der Waals surface area contributed by atoms with E-state index >= 15 is 0 Å². The molecule has 2 heterocycles. The van der Waals surface area contributed by atoms with Gasteiger partial charge in [0.15, 0.2) is 0 Å². The molecule has 5 nitrogen and oxygen atoms in total. The summed E-state index contributed by atoms with van der Waals surface area (Å²) >= 11 is 0. The maximum Gasteiger partial charge on any atom is 0.250 e. The molecule has 0 bridgehead atoms. The molecule has 0 radical (unpaired) electrons. The Morgan fingerprint density at radius 2 is 2.07 bits per heavy atom. The average molecular weight is 204 g/mol. The topological polar surface area (TPSA) is 71.9 Å². The lowest BCUT2D eigenvalue weighted by atomic mass is 10.2. The second kappa shape index (κ2) is 4.15. The first-order chi connectivity index (χ1) is 7.29. The largest absolute Gasteiger partial charge is 0.369 e. The molecule has 2 rings (SSSR count). The molecule has 1 aromatic heterocycles. The summed E-state index contributed by atoms with van der Waals surface area (Å²) in [7, 11) is 0. The Hall–Kier alpha value is -1.80. The fraction of sp³-hybridized carbons (Fsp3) is 0.400. The number of hydrogen-bond acceptors (Lipinski definition) is 4. The Kier molecular flexibility index (Phi) is 2.70. The molecule has 0 unspecified atom stereocenters. The molecule has 2 N–H and O–H groups in total. The monoisotopic (exact) mass is 204 g/mol. The third kappa shape index (κ3) is 2.17. The van der Waals surface area contributed by atoms with Crippen LogP contribution in [0.1, 0.15) is 5.69 Å². The standard InChI is InChI=1S/C10H12N4O/c11-7-8-5-9(6-10(15)13-8)14-3-1-12-2-4-14/h5-6,12H,1-4H2,(H,13,15). The fourth-order valence-corrected chi connectivity index (χ4v) is 1.69. The van der Waals surface area contributed by atoms with Crippen LogP contribution in [0.5, 0.6) is 0 Å². The third-order valence-electron chi connectivity index (χ3n) is 2.43. The summed E-state index contributed by atoms with van der Waals surface area (Å²) in [5, 5.41) is 12.0. The first-order valence-corrected chi connectivity index (χ1v) is 4.90. The highest BCUT2D eigenvalue weighted by Gasteiger charge is 2.11. The van der Waals surface area contributed by atoms with Gasteiger partial charge in [-0.3, -0.25) is 4.79 Å². The summed E-state index contributed by atoms with van der Waals surface area (Å²) < 4.78 is 0. The van der Waals surface area contributed by atoms with Gasteiger partial charge in [-0.05, 0) is 6.07 Å². The van der Waals surface area contributed by atoms with Gasteiger partial charge in [-0.15, -0.1) is 0 Å². The minimum Gasteiger partial charge on any atom is -0.369 e. The van der Waals surface area contributed by atoms with Crippen LogP contribution in [0.3, 0.4) is 0 Å². The van der Waals surface area contributed by atoms with Crippen LogP contribution in [0.2, 0.25) is 0 Å². The Labute approximate surface area is 87.3 Å². The minimum atomic E-state index is -0.220. The zero-order chi connectivity index (χ0) is 10.7. The van der Waals surface area contributed by atoms with Crippen LogP contribution >= 0.6 is 0 Å². The molecule has 0 atom stereocenters. The zero-order valence-electron chi connectivity index (χ0n) is 8.29. The average Bonchev–Trinajstić information content (AvgIpc) is 2.29. The minimum absolute atomic E-state index is 0.220. The second-order valence-corrected chi connectivity index (χ2v) is 3.47. The molecule has 15 heavy (non-hydrogen) atoms. The van der Waals surface area contributed by atoms with E-state index in [0.717, 1.165) is 31.9 Å². The summed E-state index contributed by atoms with van der Waals surface area (Å²) in [6, 6.07) is 5.20. The van der Waals surface area contributed by atoms with Crippen LogP contribution in [0.25, 0.3) is 0 Å².